The maximum atomic E-state index is 12.3. The number of aromatic nitrogens is 2. The molecule has 0 saturated carbocycles. The van der Waals surface area contributed by atoms with E-state index in [9.17, 15) is 9.59 Å². The maximum Gasteiger partial charge on any atom is 0.286 e. The Morgan fingerprint density at radius 2 is 1.62 bits per heavy atom. The number of anilines is 2. The molecule has 2 aromatic carbocycles. The van der Waals surface area contributed by atoms with Crippen LogP contribution in [-0.4, -0.2) is 66.2 Å². The third-order valence-corrected chi connectivity index (χ3v) is 6.71. The predicted octanol–water partition coefficient (Wildman–Crippen LogP) is 3.05. The zero-order valence-electron chi connectivity index (χ0n) is 19.2. The molecule has 0 aliphatic carbocycles. The molecule has 8 nitrogen and oxygen atoms in total. The Balaban J connectivity index is 1.09. The molecule has 0 unspecified atom stereocenters. The van der Waals surface area contributed by atoms with E-state index < -0.39 is 0 Å². The zero-order chi connectivity index (χ0) is 23.6. The summed E-state index contributed by atoms with van der Waals surface area (Å²) in [6, 6.07) is 19.7. The molecule has 3 aromatic rings. The van der Waals surface area contributed by atoms with Crippen LogP contribution in [0.3, 0.4) is 0 Å². The van der Waals surface area contributed by atoms with E-state index in [4.69, 9.17) is 0 Å². The number of nitrogens with zero attached hydrogens (tertiary/aromatic N) is 4. The minimum Gasteiger partial charge on any atom is -0.369 e. The van der Waals surface area contributed by atoms with Gasteiger partial charge in [0.05, 0.1) is 0 Å². The number of para-hydroxylation sites is 2. The van der Waals surface area contributed by atoms with Crippen LogP contribution < -0.4 is 15.5 Å². The highest BCUT2D eigenvalue weighted by molar-refractivity contribution is 7.13. The van der Waals surface area contributed by atoms with Gasteiger partial charge in [-0.25, -0.2) is 0 Å². The summed E-state index contributed by atoms with van der Waals surface area (Å²) >= 11 is 1.22. The molecule has 1 saturated heterocycles. The van der Waals surface area contributed by atoms with Gasteiger partial charge in [-0.15, -0.1) is 10.2 Å². The van der Waals surface area contributed by atoms with E-state index in [2.05, 4.69) is 54.9 Å². The van der Waals surface area contributed by atoms with Crippen molar-refractivity contribution in [3.63, 3.8) is 0 Å². The topological polar surface area (TPSA) is 90.5 Å². The maximum absolute atomic E-state index is 12.3. The van der Waals surface area contributed by atoms with E-state index in [0.717, 1.165) is 39.1 Å². The molecular formula is C25H30N6O2S. The first-order valence-corrected chi connectivity index (χ1v) is 12.5. The third kappa shape index (κ3) is 7.10. The number of carbonyl (C=O) groups is 2. The number of piperazine rings is 1. The van der Waals surface area contributed by atoms with Crippen LogP contribution in [0.4, 0.5) is 11.4 Å². The van der Waals surface area contributed by atoms with E-state index in [1.165, 1.54) is 17.0 Å². The summed E-state index contributed by atoms with van der Waals surface area (Å²) in [6.07, 6.45) is 1.74. The molecule has 1 aliphatic rings. The SMILES string of the molecule is O=C(CCc1nnc(C(=O)Nc2ccccc2)s1)NCCCN1CCN(c2ccccc2)CC1. The first-order chi connectivity index (χ1) is 16.7. The number of rotatable bonds is 10. The fourth-order valence-electron chi connectivity index (χ4n) is 3.86. The molecule has 0 radical (unpaired) electrons. The molecule has 2 heterocycles. The second kappa shape index (κ2) is 12.2. The second-order valence-corrected chi connectivity index (χ2v) is 9.25. The van der Waals surface area contributed by atoms with Crippen LogP contribution in [0, 0.1) is 0 Å². The molecule has 1 aliphatic heterocycles. The van der Waals surface area contributed by atoms with E-state index in [1.54, 1.807) is 0 Å². The smallest absolute Gasteiger partial charge is 0.286 e. The second-order valence-electron chi connectivity index (χ2n) is 8.19. The van der Waals surface area contributed by atoms with Crippen molar-refractivity contribution in [2.75, 3.05) is 49.5 Å². The molecule has 9 heteroatoms. The normalized spacial score (nSPS) is 14.1. The summed E-state index contributed by atoms with van der Waals surface area (Å²) in [6.45, 7) is 5.80. The highest BCUT2D eigenvalue weighted by atomic mass is 32.1. The van der Waals surface area contributed by atoms with Crippen LogP contribution in [-0.2, 0) is 11.2 Å². The van der Waals surface area contributed by atoms with E-state index in [0.29, 0.717) is 35.1 Å². The van der Waals surface area contributed by atoms with Crippen molar-refractivity contribution in [3.05, 3.63) is 70.7 Å². The Hall–Kier alpha value is -3.30. The monoisotopic (exact) mass is 478 g/mol. The van der Waals surface area contributed by atoms with Crippen LogP contribution in [0.2, 0.25) is 0 Å². The lowest BCUT2D eigenvalue weighted by molar-refractivity contribution is -0.121. The number of amides is 2. The summed E-state index contributed by atoms with van der Waals surface area (Å²) in [7, 11) is 0. The number of carbonyl (C=O) groups excluding carboxylic acids is 2. The van der Waals surface area contributed by atoms with Crippen molar-refractivity contribution in [1.29, 1.82) is 0 Å². The highest BCUT2D eigenvalue weighted by Gasteiger charge is 2.17. The summed E-state index contributed by atoms with van der Waals surface area (Å²) in [4.78, 5) is 29.3. The Morgan fingerprint density at radius 3 is 2.35 bits per heavy atom. The Bertz CT molecular complexity index is 1050. The van der Waals surface area contributed by atoms with Crippen LogP contribution in [0.25, 0.3) is 0 Å². The quantitative estimate of drug-likeness (QED) is 0.436. The van der Waals surface area contributed by atoms with Gasteiger partial charge >= 0.3 is 0 Å². The van der Waals surface area contributed by atoms with Crippen molar-refractivity contribution in [3.8, 4) is 0 Å². The van der Waals surface area contributed by atoms with Crippen LogP contribution in [0.15, 0.2) is 60.7 Å². The fraction of sp³-hybridized carbons (Fsp3) is 0.360. The van der Waals surface area contributed by atoms with Crippen LogP contribution in [0.1, 0.15) is 27.7 Å². The molecule has 178 valence electrons. The third-order valence-electron chi connectivity index (χ3n) is 5.73. The van der Waals surface area contributed by atoms with E-state index in [1.807, 2.05) is 36.4 Å². The standard InChI is InChI=1S/C25H30N6O2S/c32-22(12-13-23-28-29-25(34-23)24(33)27-20-8-3-1-4-9-20)26-14-7-15-30-16-18-31(19-17-30)21-10-5-2-6-11-21/h1-6,8-11H,7,12-19H2,(H,26,32)(H,27,33). The minimum absolute atomic E-state index is 0.000570. The summed E-state index contributed by atoms with van der Waals surface area (Å²) < 4.78 is 0. The molecule has 0 atom stereocenters. The molecule has 2 N–H and O–H groups in total. The van der Waals surface area contributed by atoms with Crippen molar-refractivity contribution in [2.45, 2.75) is 19.3 Å². The first kappa shape index (κ1) is 23.8. The minimum atomic E-state index is -0.288. The van der Waals surface area contributed by atoms with Gasteiger partial charge in [0.1, 0.15) is 5.01 Å². The molecule has 1 aromatic heterocycles. The van der Waals surface area contributed by atoms with Crippen molar-refractivity contribution >= 4 is 34.5 Å². The molecule has 0 spiro atoms. The Morgan fingerprint density at radius 1 is 0.912 bits per heavy atom. The average molecular weight is 479 g/mol. The lowest BCUT2D eigenvalue weighted by atomic mass is 10.2. The molecule has 1 fully saturated rings. The molecule has 34 heavy (non-hydrogen) atoms. The van der Waals surface area contributed by atoms with Gasteiger partial charge in [0, 0.05) is 56.9 Å². The van der Waals surface area contributed by atoms with E-state index in [-0.39, 0.29) is 11.8 Å². The van der Waals surface area contributed by atoms with Gasteiger partial charge in [0.25, 0.3) is 5.91 Å². The number of aryl methyl sites for hydroxylation is 1. The van der Waals surface area contributed by atoms with Gasteiger partial charge in [-0.05, 0) is 37.2 Å². The molecule has 2 amide bonds. The Labute approximate surface area is 204 Å². The van der Waals surface area contributed by atoms with Gasteiger partial charge in [-0.2, -0.15) is 0 Å². The molecule has 0 bridgehead atoms. The van der Waals surface area contributed by atoms with Crippen LogP contribution in [0.5, 0.6) is 0 Å². The van der Waals surface area contributed by atoms with Gasteiger partial charge in [0.15, 0.2) is 0 Å². The van der Waals surface area contributed by atoms with Crippen LogP contribution >= 0.6 is 11.3 Å². The summed E-state index contributed by atoms with van der Waals surface area (Å²) in [5.41, 5.74) is 2.00. The van der Waals surface area contributed by atoms with Gasteiger partial charge in [-0.1, -0.05) is 47.7 Å². The summed E-state index contributed by atoms with van der Waals surface area (Å²) in [5.74, 6) is -0.289. The lowest BCUT2D eigenvalue weighted by Gasteiger charge is -2.36. The number of hydrogen-bond acceptors (Lipinski definition) is 7. The van der Waals surface area contributed by atoms with Gasteiger partial charge in [0.2, 0.25) is 10.9 Å². The largest absolute Gasteiger partial charge is 0.369 e. The van der Waals surface area contributed by atoms with Crippen molar-refractivity contribution in [1.82, 2.24) is 20.4 Å². The highest BCUT2D eigenvalue weighted by Crippen LogP contribution is 2.16. The molecule has 4 rings (SSSR count). The van der Waals surface area contributed by atoms with Gasteiger partial charge < -0.3 is 15.5 Å². The number of hydrogen-bond donors (Lipinski definition) is 2. The van der Waals surface area contributed by atoms with E-state index >= 15 is 0 Å². The lowest BCUT2D eigenvalue weighted by Crippen LogP contribution is -2.47. The molecular weight excluding hydrogens is 448 g/mol. The summed E-state index contributed by atoms with van der Waals surface area (Å²) in [5, 5.41) is 14.8. The first-order valence-electron chi connectivity index (χ1n) is 11.7. The number of benzene rings is 2. The van der Waals surface area contributed by atoms with Crippen molar-refractivity contribution < 1.29 is 9.59 Å². The predicted molar refractivity (Wildman–Crippen MR) is 135 cm³/mol. The average Bonchev–Trinajstić information content (AvgIpc) is 3.36. The Kier molecular flexibility index (Phi) is 8.59. The number of nitrogens with one attached hydrogen (secondary N) is 2. The fourth-order valence-corrected chi connectivity index (χ4v) is 4.59. The van der Waals surface area contributed by atoms with Gasteiger partial charge in [-0.3, -0.25) is 14.5 Å². The van der Waals surface area contributed by atoms with Crippen molar-refractivity contribution in [2.24, 2.45) is 0 Å². The zero-order valence-corrected chi connectivity index (χ0v) is 20.0.